The van der Waals surface area contributed by atoms with Crippen LogP contribution in [0.3, 0.4) is 0 Å². The monoisotopic (exact) mass is 318 g/mol. The van der Waals surface area contributed by atoms with E-state index in [2.05, 4.69) is 10.6 Å². The minimum Gasteiger partial charge on any atom is -0.325 e. The van der Waals surface area contributed by atoms with Crippen molar-refractivity contribution in [3.63, 3.8) is 0 Å². The summed E-state index contributed by atoms with van der Waals surface area (Å²) >= 11 is -0.212. The van der Waals surface area contributed by atoms with Gasteiger partial charge in [-0.3, -0.25) is 4.79 Å². The fourth-order valence-corrected chi connectivity index (χ4v) is 2.89. The average molecular weight is 318 g/mol. The number of carbonyl (C=O) groups excluding carboxylic acids is 1. The number of nitrogens with one attached hydrogen (secondary N) is 2. The Morgan fingerprint density at radius 3 is 2.52 bits per heavy atom. The summed E-state index contributed by atoms with van der Waals surface area (Å²) in [5, 5.41) is 5.82. The lowest BCUT2D eigenvalue weighted by molar-refractivity contribution is -0.126. The highest BCUT2D eigenvalue weighted by molar-refractivity contribution is 8.00. The maximum Gasteiger partial charge on any atom is 0.446 e. The second-order valence-electron chi connectivity index (χ2n) is 5.31. The Hall–Kier alpha value is -1.21. The molecule has 2 N–H and O–H groups in total. The average Bonchev–Trinajstić information content (AvgIpc) is 2.40. The van der Waals surface area contributed by atoms with Gasteiger partial charge in [-0.1, -0.05) is 19.1 Å². The second kappa shape index (κ2) is 6.27. The predicted octanol–water partition coefficient (Wildman–Crippen LogP) is 3.63. The van der Waals surface area contributed by atoms with Crippen molar-refractivity contribution < 1.29 is 18.0 Å². The summed E-state index contributed by atoms with van der Waals surface area (Å²) in [6.45, 7) is 3.33. The van der Waals surface area contributed by atoms with Crippen molar-refractivity contribution in [1.29, 1.82) is 0 Å². The molecule has 1 aliphatic heterocycles. The molecule has 0 saturated carbocycles. The molecule has 1 aromatic rings. The normalized spacial score (nSPS) is 18.3. The zero-order valence-corrected chi connectivity index (χ0v) is 12.4. The van der Waals surface area contributed by atoms with Crippen molar-refractivity contribution in [3.05, 3.63) is 24.3 Å². The molecule has 0 atom stereocenters. The van der Waals surface area contributed by atoms with Gasteiger partial charge in [-0.05, 0) is 49.8 Å². The minimum absolute atomic E-state index is 0.0101. The first kappa shape index (κ1) is 16.2. The van der Waals surface area contributed by atoms with Crippen molar-refractivity contribution in [1.82, 2.24) is 5.32 Å². The van der Waals surface area contributed by atoms with Crippen LogP contribution in [-0.4, -0.2) is 24.5 Å². The molecule has 116 valence electrons. The SMILES string of the molecule is CC1(C(=O)Nc2ccccc2SC(F)(F)F)CCNCC1. The molecule has 1 fully saturated rings. The largest absolute Gasteiger partial charge is 0.446 e. The van der Waals surface area contributed by atoms with Gasteiger partial charge in [0.05, 0.1) is 5.69 Å². The lowest BCUT2D eigenvalue weighted by Gasteiger charge is -2.32. The van der Waals surface area contributed by atoms with Crippen LogP contribution in [0.4, 0.5) is 18.9 Å². The number of alkyl halides is 3. The van der Waals surface area contributed by atoms with Crippen molar-refractivity contribution in [3.8, 4) is 0 Å². The van der Waals surface area contributed by atoms with Crippen molar-refractivity contribution in [2.75, 3.05) is 18.4 Å². The Kier molecular flexibility index (Phi) is 4.83. The molecule has 21 heavy (non-hydrogen) atoms. The van der Waals surface area contributed by atoms with Crippen LogP contribution < -0.4 is 10.6 Å². The molecule has 1 amide bonds. The standard InChI is InChI=1S/C14H17F3N2OS/c1-13(6-8-18-9-7-13)12(20)19-10-4-2-3-5-11(10)21-14(15,16)17/h2-5,18H,6-9H2,1H3,(H,19,20). The molecule has 0 unspecified atom stereocenters. The van der Waals surface area contributed by atoms with E-state index in [0.717, 1.165) is 13.1 Å². The number of anilines is 1. The van der Waals surface area contributed by atoms with Gasteiger partial charge in [0.1, 0.15) is 0 Å². The smallest absolute Gasteiger partial charge is 0.325 e. The van der Waals surface area contributed by atoms with Gasteiger partial charge in [0, 0.05) is 10.3 Å². The summed E-state index contributed by atoms with van der Waals surface area (Å²) in [6, 6.07) is 5.99. The lowest BCUT2D eigenvalue weighted by atomic mass is 9.80. The van der Waals surface area contributed by atoms with Gasteiger partial charge in [-0.15, -0.1) is 0 Å². The Balaban J connectivity index is 2.14. The van der Waals surface area contributed by atoms with E-state index in [4.69, 9.17) is 0 Å². The molecule has 0 bridgehead atoms. The highest BCUT2D eigenvalue weighted by Crippen LogP contribution is 2.41. The van der Waals surface area contributed by atoms with E-state index >= 15 is 0 Å². The number of hydrogen-bond donors (Lipinski definition) is 2. The van der Waals surface area contributed by atoms with Crippen LogP contribution in [0.25, 0.3) is 0 Å². The van der Waals surface area contributed by atoms with E-state index in [1.165, 1.54) is 18.2 Å². The van der Waals surface area contributed by atoms with Crippen LogP contribution in [0.2, 0.25) is 0 Å². The zero-order valence-electron chi connectivity index (χ0n) is 11.6. The highest BCUT2D eigenvalue weighted by Gasteiger charge is 2.35. The predicted molar refractivity (Wildman–Crippen MR) is 77.2 cm³/mol. The lowest BCUT2D eigenvalue weighted by Crippen LogP contribution is -2.42. The Bertz CT molecular complexity index is 513. The van der Waals surface area contributed by atoms with Crippen LogP contribution in [0, 0.1) is 5.41 Å². The summed E-state index contributed by atoms with van der Waals surface area (Å²) < 4.78 is 37.6. The van der Waals surface area contributed by atoms with Gasteiger partial charge in [0.15, 0.2) is 0 Å². The summed E-state index contributed by atoms with van der Waals surface area (Å²) in [6.07, 6.45) is 1.35. The number of halogens is 3. The summed E-state index contributed by atoms with van der Waals surface area (Å²) in [5.74, 6) is -0.223. The van der Waals surface area contributed by atoms with Crippen LogP contribution in [0.1, 0.15) is 19.8 Å². The van der Waals surface area contributed by atoms with Crippen LogP contribution >= 0.6 is 11.8 Å². The quantitative estimate of drug-likeness (QED) is 0.836. The highest BCUT2D eigenvalue weighted by atomic mass is 32.2. The van der Waals surface area contributed by atoms with E-state index in [1.54, 1.807) is 6.07 Å². The summed E-state index contributed by atoms with van der Waals surface area (Å²) in [4.78, 5) is 12.4. The molecule has 0 spiro atoms. The maximum atomic E-state index is 12.5. The fourth-order valence-electron chi connectivity index (χ4n) is 2.26. The number of piperidine rings is 1. The first-order valence-electron chi connectivity index (χ1n) is 6.67. The number of thioether (sulfide) groups is 1. The third kappa shape index (κ3) is 4.38. The Morgan fingerprint density at radius 1 is 1.29 bits per heavy atom. The van der Waals surface area contributed by atoms with E-state index in [1.807, 2.05) is 6.92 Å². The molecule has 2 rings (SSSR count). The van der Waals surface area contributed by atoms with E-state index in [9.17, 15) is 18.0 Å². The van der Waals surface area contributed by atoms with Gasteiger partial charge < -0.3 is 10.6 Å². The number of amides is 1. The minimum atomic E-state index is -4.38. The first-order valence-corrected chi connectivity index (χ1v) is 7.49. The summed E-state index contributed by atoms with van der Waals surface area (Å²) in [7, 11) is 0. The zero-order chi connectivity index (χ0) is 15.5. The Morgan fingerprint density at radius 2 is 1.90 bits per heavy atom. The number of hydrogen-bond acceptors (Lipinski definition) is 3. The van der Waals surface area contributed by atoms with Gasteiger partial charge in [0.2, 0.25) is 5.91 Å². The number of benzene rings is 1. The molecule has 0 radical (unpaired) electrons. The van der Waals surface area contributed by atoms with E-state index < -0.39 is 10.9 Å². The third-order valence-corrected chi connectivity index (χ3v) is 4.42. The topological polar surface area (TPSA) is 41.1 Å². The Labute approximate surface area is 125 Å². The van der Waals surface area contributed by atoms with Gasteiger partial charge >= 0.3 is 5.51 Å². The van der Waals surface area contributed by atoms with Crippen molar-refractivity contribution >= 4 is 23.4 Å². The van der Waals surface area contributed by atoms with Crippen molar-refractivity contribution in [2.24, 2.45) is 5.41 Å². The molecule has 1 heterocycles. The number of carbonyl (C=O) groups is 1. The van der Waals surface area contributed by atoms with Gasteiger partial charge in [-0.25, -0.2) is 0 Å². The van der Waals surface area contributed by atoms with Gasteiger partial charge in [0.25, 0.3) is 0 Å². The van der Waals surface area contributed by atoms with E-state index in [-0.39, 0.29) is 28.3 Å². The van der Waals surface area contributed by atoms with Crippen LogP contribution in [0.15, 0.2) is 29.2 Å². The maximum absolute atomic E-state index is 12.5. The number of para-hydroxylation sites is 1. The molecule has 0 aromatic heterocycles. The van der Waals surface area contributed by atoms with Crippen molar-refractivity contribution in [2.45, 2.75) is 30.2 Å². The molecule has 7 heteroatoms. The van der Waals surface area contributed by atoms with Crippen LogP contribution in [0.5, 0.6) is 0 Å². The molecule has 0 aliphatic carbocycles. The second-order valence-corrected chi connectivity index (χ2v) is 6.42. The molecule has 1 saturated heterocycles. The van der Waals surface area contributed by atoms with E-state index in [0.29, 0.717) is 12.8 Å². The first-order chi connectivity index (χ1) is 9.80. The van der Waals surface area contributed by atoms with Crippen LogP contribution in [-0.2, 0) is 4.79 Å². The fraction of sp³-hybridized carbons (Fsp3) is 0.500. The number of rotatable bonds is 3. The molecular weight excluding hydrogens is 301 g/mol. The molecule has 1 aromatic carbocycles. The molecular formula is C14H17F3N2OS. The summed E-state index contributed by atoms with van der Waals surface area (Å²) in [5.41, 5.74) is -4.70. The molecule has 1 aliphatic rings. The van der Waals surface area contributed by atoms with Gasteiger partial charge in [-0.2, -0.15) is 13.2 Å². The molecule has 3 nitrogen and oxygen atoms in total. The third-order valence-electron chi connectivity index (χ3n) is 3.62.